The molecule has 1 aliphatic heterocycles. The van der Waals surface area contributed by atoms with Crippen LogP contribution in [-0.4, -0.2) is 36.3 Å². The van der Waals surface area contributed by atoms with Crippen molar-refractivity contribution in [3.05, 3.63) is 58.6 Å². The van der Waals surface area contributed by atoms with E-state index in [0.717, 1.165) is 37.2 Å². The Morgan fingerprint density at radius 2 is 1.71 bits per heavy atom. The van der Waals surface area contributed by atoms with Crippen LogP contribution in [0.5, 0.6) is 0 Å². The summed E-state index contributed by atoms with van der Waals surface area (Å²) in [5.41, 5.74) is 3.10. The first kappa shape index (κ1) is 20.2. The molecule has 2 aromatic carbocycles. The first-order chi connectivity index (χ1) is 13.4. The number of carbonyl (C=O) groups excluding carboxylic acids is 2. The van der Waals surface area contributed by atoms with Gasteiger partial charge in [0.25, 0.3) is 5.91 Å². The number of rotatable bonds is 5. The molecule has 0 radical (unpaired) electrons. The van der Waals surface area contributed by atoms with Crippen LogP contribution >= 0.6 is 11.6 Å². The summed E-state index contributed by atoms with van der Waals surface area (Å²) >= 11 is 6.08. The van der Waals surface area contributed by atoms with E-state index in [-0.39, 0.29) is 18.4 Å². The van der Waals surface area contributed by atoms with Gasteiger partial charge in [-0.15, -0.1) is 0 Å². The van der Waals surface area contributed by atoms with Crippen molar-refractivity contribution in [3.8, 4) is 0 Å². The second-order valence-electron chi connectivity index (χ2n) is 7.42. The number of halogens is 1. The van der Waals surface area contributed by atoms with Crippen LogP contribution < -0.4 is 10.6 Å². The molecule has 0 spiro atoms. The van der Waals surface area contributed by atoms with Crippen LogP contribution in [0.3, 0.4) is 0 Å². The SMILES string of the molecule is Cc1ccc(NC(=O)CNc2ccc(C(=O)N3CCC(C)CC3)cc2)cc1Cl. The Bertz CT molecular complexity index is 843. The third-order valence-corrected chi connectivity index (χ3v) is 5.52. The lowest BCUT2D eigenvalue weighted by Crippen LogP contribution is -2.37. The van der Waals surface area contributed by atoms with Gasteiger partial charge in [-0.1, -0.05) is 24.6 Å². The molecule has 1 fully saturated rings. The summed E-state index contributed by atoms with van der Waals surface area (Å²) in [7, 11) is 0. The fraction of sp³-hybridized carbons (Fsp3) is 0.364. The molecule has 2 amide bonds. The Labute approximate surface area is 171 Å². The summed E-state index contributed by atoms with van der Waals surface area (Å²) in [6.07, 6.45) is 2.12. The monoisotopic (exact) mass is 399 g/mol. The average molecular weight is 400 g/mol. The normalized spacial score (nSPS) is 14.6. The number of piperidine rings is 1. The van der Waals surface area contributed by atoms with Crippen molar-refractivity contribution >= 4 is 34.8 Å². The number of amides is 2. The number of hydrogen-bond donors (Lipinski definition) is 2. The Hall–Kier alpha value is -2.53. The van der Waals surface area contributed by atoms with E-state index in [2.05, 4.69) is 17.6 Å². The van der Waals surface area contributed by atoms with E-state index < -0.39 is 0 Å². The molecular weight excluding hydrogens is 374 g/mol. The number of carbonyl (C=O) groups is 2. The summed E-state index contributed by atoms with van der Waals surface area (Å²) in [5, 5.41) is 6.50. The number of aryl methyl sites for hydroxylation is 1. The minimum Gasteiger partial charge on any atom is -0.376 e. The van der Waals surface area contributed by atoms with Gasteiger partial charge in [0, 0.05) is 35.1 Å². The topological polar surface area (TPSA) is 61.4 Å². The lowest BCUT2D eigenvalue weighted by Gasteiger charge is -2.30. The molecule has 0 unspecified atom stereocenters. The number of nitrogens with zero attached hydrogens (tertiary/aromatic N) is 1. The van der Waals surface area contributed by atoms with E-state index in [1.165, 1.54) is 0 Å². The van der Waals surface area contributed by atoms with E-state index >= 15 is 0 Å². The van der Waals surface area contributed by atoms with Crippen molar-refractivity contribution in [1.82, 2.24) is 4.90 Å². The first-order valence-electron chi connectivity index (χ1n) is 9.61. The molecule has 0 atom stereocenters. The van der Waals surface area contributed by atoms with Gasteiger partial charge in [0.1, 0.15) is 0 Å². The van der Waals surface area contributed by atoms with Crippen LogP contribution in [0.15, 0.2) is 42.5 Å². The predicted octanol–water partition coefficient (Wildman–Crippen LogP) is 4.57. The van der Waals surface area contributed by atoms with Crippen LogP contribution in [0.4, 0.5) is 11.4 Å². The average Bonchev–Trinajstić information content (AvgIpc) is 2.70. The second-order valence-corrected chi connectivity index (χ2v) is 7.82. The van der Waals surface area contributed by atoms with Gasteiger partial charge in [0.05, 0.1) is 6.54 Å². The molecule has 3 rings (SSSR count). The van der Waals surface area contributed by atoms with Crippen LogP contribution in [0.1, 0.15) is 35.7 Å². The number of benzene rings is 2. The third-order valence-electron chi connectivity index (χ3n) is 5.11. The van der Waals surface area contributed by atoms with E-state index in [9.17, 15) is 9.59 Å². The molecule has 1 saturated heterocycles. The molecule has 0 aromatic heterocycles. The summed E-state index contributed by atoms with van der Waals surface area (Å²) in [6, 6.07) is 12.7. The third kappa shape index (κ3) is 5.26. The van der Waals surface area contributed by atoms with Gasteiger partial charge in [-0.05, 0) is 67.6 Å². The lowest BCUT2D eigenvalue weighted by molar-refractivity contribution is -0.114. The zero-order chi connectivity index (χ0) is 20.1. The number of anilines is 2. The fourth-order valence-electron chi connectivity index (χ4n) is 3.18. The molecule has 0 saturated carbocycles. The van der Waals surface area contributed by atoms with Gasteiger partial charge < -0.3 is 15.5 Å². The van der Waals surface area contributed by atoms with Gasteiger partial charge >= 0.3 is 0 Å². The number of hydrogen-bond acceptors (Lipinski definition) is 3. The number of likely N-dealkylation sites (tertiary alicyclic amines) is 1. The van der Waals surface area contributed by atoms with Crippen molar-refractivity contribution in [2.24, 2.45) is 5.92 Å². The summed E-state index contributed by atoms with van der Waals surface area (Å²) in [6.45, 7) is 5.91. The fourth-order valence-corrected chi connectivity index (χ4v) is 3.36. The summed E-state index contributed by atoms with van der Waals surface area (Å²) in [5.74, 6) is 0.604. The Morgan fingerprint density at radius 3 is 2.36 bits per heavy atom. The van der Waals surface area contributed by atoms with Crippen molar-refractivity contribution in [2.75, 3.05) is 30.3 Å². The van der Waals surface area contributed by atoms with Crippen molar-refractivity contribution in [2.45, 2.75) is 26.7 Å². The van der Waals surface area contributed by atoms with Gasteiger partial charge in [-0.2, -0.15) is 0 Å². The standard InChI is InChI=1S/C22H26ClN3O2/c1-15-9-11-26(12-10-15)22(28)17-4-7-18(8-5-17)24-14-21(27)25-19-6-3-16(2)20(23)13-19/h3-8,13,15,24H,9-12,14H2,1-2H3,(H,25,27). The highest BCUT2D eigenvalue weighted by Crippen LogP contribution is 2.20. The summed E-state index contributed by atoms with van der Waals surface area (Å²) in [4.78, 5) is 26.6. The molecule has 2 N–H and O–H groups in total. The molecule has 0 aliphatic carbocycles. The second kappa shape index (κ2) is 9.11. The minimum absolute atomic E-state index is 0.0763. The quantitative estimate of drug-likeness (QED) is 0.774. The van der Waals surface area contributed by atoms with Gasteiger partial charge in [-0.3, -0.25) is 9.59 Å². The molecule has 6 heteroatoms. The Morgan fingerprint density at radius 1 is 1.07 bits per heavy atom. The maximum Gasteiger partial charge on any atom is 0.253 e. The highest BCUT2D eigenvalue weighted by atomic mass is 35.5. The molecule has 0 bridgehead atoms. The Balaban J connectivity index is 1.50. The van der Waals surface area contributed by atoms with Crippen LogP contribution in [-0.2, 0) is 4.79 Å². The first-order valence-corrected chi connectivity index (χ1v) is 9.99. The zero-order valence-corrected chi connectivity index (χ0v) is 17.1. The molecule has 2 aromatic rings. The van der Waals surface area contributed by atoms with Crippen LogP contribution in [0, 0.1) is 12.8 Å². The largest absolute Gasteiger partial charge is 0.376 e. The summed E-state index contributed by atoms with van der Waals surface area (Å²) < 4.78 is 0. The highest BCUT2D eigenvalue weighted by Gasteiger charge is 2.21. The molecule has 148 valence electrons. The minimum atomic E-state index is -0.164. The molecular formula is C22H26ClN3O2. The van der Waals surface area contributed by atoms with Gasteiger partial charge in [-0.25, -0.2) is 0 Å². The van der Waals surface area contributed by atoms with E-state index in [0.29, 0.717) is 22.2 Å². The van der Waals surface area contributed by atoms with Gasteiger partial charge in [0.2, 0.25) is 5.91 Å². The van der Waals surface area contributed by atoms with Gasteiger partial charge in [0.15, 0.2) is 0 Å². The van der Waals surface area contributed by atoms with Crippen molar-refractivity contribution in [3.63, 3.8) is 0 Å². The number of nitrogens with one attached hydrogen (secondary N) is 2. The zero-order valence-electron chi connectivity index (χ0n) is 16.3. The molecule has 1 heterocycles. The lowest BCUT2D eigenvalue weighted by atomic mass is 9.98. The Kier molecular flexibility index (Phi) is 6.57. The predicted molar refractivity (Wildman–Crippen MR) is 114 cm³/mol. The van der Waals surface area contributed by atoms with Crippen LogP contribution in [0.25, 0.3) is 0 Å². The highest BCUT2D eigenvalue weighted by molar-refractivity contribution is 6.31. The van der Waals surface area contributed by atoms with E-state index in [1.54, 1.807) is 18.2 Å². The maximum absolute atomic E-state index is 12.6. The van der Waals surface area contributed by atoms with Crippen molar-refractivity contribution < 1.29 is 9.59 Å². The van der Waals surface area contributed by atoms with Crippen molar-refractivity contribution in [1.29, 1.82) is 0 Å². The van der Waals surface area contributed by atoms with Crippen LogP contribution in [0.2, 0.25) is 5.02 Å². The maximum atomic E-state index is 12.6. The molecule has 5 nitrogen and oxygen atoms in total. The van der Waals surface area contributed by atoms with E-state index in [1.807, 2.05) is 36.1 Å². The van der Waals surface area contributed by atoms with E-state index in [4.69, 9.17) is 11.6 Å². The smallest absolute Gasteiger partial charge is 0.253 e. The molecule has 28 heavy (non-hydrogen) atoms. The molecule has 1 aliphatic rings.